The van der Waals surface area contributed by atoms with Gasteiger partial charge in [-0.25, -0.2) is 13.7 Å². The molecule has 9 N–H and O–H groups in total. The van der Waals surface area contributed by atoms with Gasteiger partial charge in [0.2, 0.25) is 5.12 Å². The Morgan fingerprint density at radius 2 is 1.06 bits per heavy atom. The summed E-state index contributed by atoms with van der Waals surface area (Å²) in [7, 11) is -16.4. The average Bonchev–Trinajstić information content (AvgIpc) is 3.24. The number of aliphatic hydroxyl groups excluding tert-OH is 4. The molecule has 0 aromatic rings. The second-order valence-electron chi connectivity index (χ2n) is 14.1. The van der Waals surface area contributed by atoms with E-state index < -0.39 is 92.2 Å². The van der Waals surface area contributed by atoms with Crippen molar-refractivity contribution in [1.29, 1.82) is 0 Å². The molecule has 1 saturated carbocycles. The lowest BCUT2D eigenvalue weighted by Crippen LogP contribution is -2.65. The van der Waals surface area contributed by atoms with Crippen molar-refractivity contribution in [2.75, 3.05) is 20.0 Å². The molecule has 1 rings (SSSR count). The van der Waals surface area contributed by atoms with Gasteiger partial charge >= 0.3 is 29.4 Å². The van der Waals surface area contributed by atoms with Crippen molar-refractivity contribution in [3.8, 4) is 70.9 Å². The molecule has 0 bridgehead atoms. The fraction of sp³-hybridized carbons (Fsp3) is 0.667. The van der Waals surface area contributed by atoms with E-state index in [2.05, 4.69) is 80.4 Å². The Hall–Kier alpha value is -3.02. The second kappa shape index (κ2) is 36.9. The Bertz CT molecular complexity index is 2000. The summed E-state index contributed by atoms with van der Waals surface area (Å²) < 4.78 is 63.4. The number of carbonyl (C=O) groups excluding carboxylic acids is 2. The zero-order chi connectivity index (χ0) is 49.9. The van der Waals surface area contributed by atoms with Crippen molar-refractivity contribution >= 4 is 46.3 Å². The minimum atomic E-state index is -5.56. The highest BCUT2D eigenvalue weighted by Crippen LogP contribution is 2.51. The molecule has 8 atom stereocenters. The van der Waals surface area contributed by atoms with Crippen LogP contribution in [0.3, 0.4) is 0 Å². The number of hydrogen-bond acceptors (Lipinski definition) is 16. The molecule has 0 saturated heterocycles. The highest BCUT2D eigenvalue weighted by molar-refractivity contribution is 8.17. The first kappa shape index (κ1) is 63.0. The molecule has 0 spiro atoms. The Kier molecular flexibility index (Phi) is 35.3. The molecule has 0 amide bonds. The Labute approximate surface area is 407 Å². The summed E-state index contributed by atoms with van der Waals surface area (Å²) in [4.78, 5) is 70.1. The van der Waals surface area contributed by atoms with Gasteiger partial charge in [0.05, 0.1) is 13.2 Å². The summed E-state index contributed by atoms with van der Waals surface area (Å²) in [6, 6.07) is 0. The Balaban J connectivity index is -0.000000126. The first-order valence-electron chi connectivity index (χ1n) is 20.9. The topological polar surface area (TPSA) is 323 Å². The predicted octanol–water partition coefficient (Wildman–Crippen LogP) is 6.26. The standard InChI is InChI=1S/C26H53O19P3.C16H8OS.11H2/c1-2-3-4-5-6-7-8-9-10-11-12-13-14-15-20(28)42-19(16-40-18-27)17-41-48(38,39)45-24-21(29)22(30)25(43-46(32,33)34)26(23(24)31)44-47(35,36)37;1-3-5-6-7-8-9-10-11-12-13-15-18-16(17)14-4-2;;;;;;;;;;;/h19,21-27,29-31H,2-18H2,1H3,(H,38,39)(H2,32,33,34)(H2,35,36,37);1H,4,14H2,2H3;11*1H/t19-,21+,22?,23?,24?,25-,26+;;;;;;;;;;;;/m1............/s1. The van der Waals surface area contributed by atoms with Gasteiger partial charge in [0.15, 0.2) is 0 Å². The maximum absolute atomic E-state index is 12.7. The molecule has 4 unspecified atom stereocenters. The second-order valence-corrected chi connectivity index (χ2v) is 18.8. The smallest absolute Gasteiger partial charge is 0.457 e. The van der Waals surface area contributed by atoms with Crippen molar-refractivity contribution in [3.63, 3.8) is 0 Å². The zero-order valence-corrected chi connectivity index (χ0v) is 40.3. The van der Waals surface area contributed by atoms with Crippen LogP contribution in [0.25, 0.3) is 0 Å². The van der Waals surface area contributed by atoms with Gasteiger partial charge in [0, 0.05) is 40.3 Å². The van der Waals surface area contributed by atoms with Gasteiger partial charge in [-0.15, -0.1) is 6.42 Å². The number of hydrogen-bond donors (Lipinski definition) is 9. The largest absolute Gasteiger partial charge is 0.472 e. The van der Waals surface area contributed by atoms with Crippen molar-refractivity contribution in [1.82, 2.24) is 0 Å². The average molecular weight is 1030 g/mol. The molecule has 20 nitrogen and oxygen atoms in total. The number of unbranched alkanes of at least 4 members (excludes halogenated alkanes) is 12. The molecule has 1 fully saturated rings. The van der Waals surface area contributed by atoms with Gasteiger partial charge in [0.1, 0.15) is 49.5 Å². The summed E-state index contributed by atoms with van der Waals surface area (Å²) in [6.07, 6.45) is 4.55. The number of terminal acetylenes is 1. The van der Waals surface area contributed by atoms with Crippen molar-refractivity contribution in [2.45, 2.75) is 159 Å². The van der Waals surface area contributed by atoms with Crippen LogP contribution < -0.4 is 0 Å². The van der Waals surface area contributed by atoms with Crippen LogP contribution in [-0.4, -0.2) is 119 Å². The Morgan fingerprint density at radius 1 is 0.606 bits per heavy atom. The summed E-state index contributed by atoms with van der Waals surface area (Å²) in [6.45, 7) is 1.99. The number of phosphoric ester groups is 3. The summed E-state index contributed by atoms with van der Waals surface area (Å²) in [5, 5.41) is 42.8. The predicted molar refractivity (Wildman–Crippen MR) is 264 cm³/mol. The van der Waals surface area contributed by atoms with Crippen LogP contribution >= 0.6 is 35.2 Å². The molecule has 0 aromatic carbocycles. The number of thioether (sulfide) groups is 1. The number of carbonyl (C=O) groups is 2. The van der Waals surface area contributed by atoms with Crippen LogP contribution in [0.1, 0.15) is 132 Å². The quantitative estimate of drug-likeness (QED) is 0.0131. The molecule has 392 valence electrons. The van der Waals surface area contributed by atoms with Crippen LogP contribution in [0.15, 0.2) is 0 Å². The molecular weight excluding hydrogens is 949 g/mol. The molecule has 0 heterocycles. The molecule has 1 aliphatic rings. The number of rotatable bonds is 29. The zero-order valence-electron chi connectivity index (χ0n) is 36.8. The minimum absolute atomic E-state index is 0. The number of esters is 1. The number of phosphoric acid groups is 3. The Morgan fingerprint density at radius 3 is 1.53 bits per heavy atom. The maximum atomic E-state index is 12.7. The monoisotopic (exact) mass is 1030 g/mol. The van der Waals surface area contributed by atoms with Gasteiger partial charge in [-0.1, -0.05) is 90.9 Å². The van der Waals surface area contributed by atoms with E-state index in [0.29, 0.717) is 12.8 Å². The minimum Gasteiger partial charge on any atom is -0.457 e. The fourth-order valence-electron chi connectivity index (χ4n) is 5.66. The third-order valence-electron chi connectivity index (χ3n) is 8.64. The first-order chi connectivity index (χ1) is 31.2. The molecule has 0 radical (unpaired) electrons. The van der Waals surface area contributed by atoms with E-state index in [-0.39, 0.29) is 27.2 Å². The van der Waals surface area contributed by atoms with Gasteiger partial charge < -0.3 is 54.4 Å². The maximum Gasteiger partial charge on any atom is 0.472 e. The normalized spacial score (nSPS) is 20.1. The lowest BCUT2D eigenvalue weighted by atomic mass is 9.85. The van der Waals surface area contributed by atoms with E-state index in [1.807, 2.05) is 6.92 Å². The summed E-state index contributed by atoms with van der Waals surface area (Å²) >= 11 is 0.963. The number of ether oxygens (including phenoxy) is 2. The van der Waals surface area contributed by atoms with Gasteiger partial charge in [-0.05, 0) is 77.3 Å². The molecule has 0 aromatic heterocycles. The lowest BCUT2D eigenvalue weighted by molar-refractivity contribution is -0.213. The van der Waals surface area contributed by atoms with E-state index >= 15 is 0 Å². The molecular formula is C42H83O20P3S. The van der Waals surface area contributed by atoms with E-state index in [1.54, 1.807) is 0 Å². The van der Waals surface area contributed by atoms with Crippen LogP contribution in [0.4, 0.5) is 0 Å². The highest BCUT2D eigenvalue weighted by Gasteiger charge is 2.56. The highest BCUT2D eigenvalue weighted by atomic mass is 32.2. The number of aliphatic hydroxyl groups is 4. The van der Waals surface area contributed by atoms with Crippen LogP contribution in [-0.2, 0) is 50.9 Å². The summed E-state index contributed by atoms with van der Waals surface area (Å²) in [5.74, 6) is 23.5. The SMILES string of the molecule is C#CC#CC#CC#CC#CC#CSC(=O)CCC.CCCCCCCCCCCCCCCC(=O)O[C@H](COCO)COP(=O)(O)OC1C(O)[C@H](OP(=O)(O)O)[C@H](OP(=O)(O)O)C(O)[C@@H]1O.[HH].[HH].[HH].[HH].[HH].[HH].[HH].[HH].[HH].[HH].[HH]. The van der Waals surface area contributed by atoms with Crippen molar-refractivity contribution < 1.29 is 111 Å². The van der Waals surface area contributed by atoms with Gasteiger partial charge in [-0.3, -0.25) is 27.7 Å². The van der Waals surface area contributed by atoms with E-state index in [9.17, 15) is 43.5 Å². The van der Waals surface area contributed by atoms with Crippen LogP contribution in [0, 0.1) is 70.9 Å². The molecule has 66 heavy (non-hydrogen) atoms. The first-order valence-corrected chi connectivity index (χ1v) is 26.3. The molecule has 0 aliphatic heterocycles. The van der Waals surface area contributed by atoms with Crippen LogP contribution in [0.2, 0.25) is 0 Å². The van der Waals surface area contributed by atoms with E-state index in [0.717, 1.165) is 43.9 Å². The van der Waals surface area contributed by atoms with Crippen molar-refractivity contribution in [3.05, 3.63) is 0 Å². The lowest BCUT2D eigenvalue weighted by Gasteiger charge is -2.44. The molecule has 1 aliphatic carbocycles. The van der Waals surface area contributed by atoms with Crippen molar-refractivity contribution in [2.24, 2.45) is 0 Å². The third-order valence-corrected chi connectivity index (χ3v) is 11.3. The third kappa shape index (κ3) is 33.5. The molecule has 24 heteroatoms. The van der Waals surface area contributed by atoms with Gasteiger partial charge in [0.25, 0.3) is 0 Å². The van der Waals surface area contributed by atoms with E-state index in [1.165, 1.54) is 51.4 Å². The van der Waals surface area contributed by atoms with Crippen LogP contribution in [0.5, 0.6) is 0 Å². The van der Waals surface area contributed by atoms with E-state index in [4.69, 9.17) is 49.6 Å². The van der Waals surface area contributed by atoms with Gasteiger partial charge in [-0.2, -0.15) is 0 Å². The fourth-order valence-corrected chi connectivity index (χ4v) is 8.28. The summed E-state index contributed by atoms with van der Waals surface area (Å²) in [5.41, 5.74) is 0.